The summed E-state index contributed by atoms with van der Waals surface area (Å²) in [6.45, 7) is 1.11. The predicted molar refractivity (Wildman–Crippen MR) is 115 cm³/mol. The number of carboxylic acids is 2. The van der Waals surface area contributed by atoms with Gasteiger partial charge in [0, 0.05) is 5.92 Å². The monoisotopic (exact) mass is 456 g/mol. The number of carbonyl (C=O) groups is 4. The molecule has 3 rings (SSSR count). The molecule has 0 unspecified atom stereocenters. The lowest BCUT2D eigenvalue weighted by molar-refractivity contribution is -0.145. The molecule has 3 atom stereocenters. The standard InChI is InChI=1S/C23H24N2O8/c1-12(26)20(22(30)31)25-21(29)18(10-19(27)28)24-23(32)33-11-17-15-8-4-2-6-13(15)14-7-3-5-9-16(14)17/h2-9,12,17-18,20,26H,10-11H2,1H3,(H,24,32)(H,25,29)(H,27,28)(H,30,31)/t12-,18+,20+/m1/s1. The number of carboxylic acid groups (broad SMARTS) is 2. The minimum Gasteiger partial charge on any atom is -0.481 e. The number of ether oxygens (including phenoxy) is 1. The fraction of sp³-hybridized carbons (Fsp3) is 0.304. The van der Waals surface area contributed by atoms with Crippen LogP contribution in [0.1, 0.15) is 30.4 Å². The van der Waals surface area contributed by atoms with Crippen LogP contribution in [0.5, 0.6) is 0 Å². The Morgan fingerprint density at radius 3 is 1.97 bits per heavy atom. The molecule has 1 aliphatic rings. The highest BCUT2D eigenvalue weighted by Crippen LogP contribution is 2.44. The van der Waals surface area contributed by atoms with Gasteiger partial charge >= 0.3 is 18.0 Å². The lowest BCUT2D eigenvalue weighted by Gasteiger charge is -2.22. The van der Waals surface area contributed by atoms with Gasteiger partial charge in [-0.2, -0.15) is 0 Å². The number of aliphatic hydroxyl groups excluding tert-OH is 1. The van der Waals surface area contributed by atoms with Crippen LogP contribution in [-0.2, 0) is 19.1 Å². The van der Waals surface area contributed by atoms with E-state index in [1.54, 1.807) is 0 Å². The van der Waals surface area contributed by atoms with Crippen LogP contribution < -0.4 is 10.6 Å². The molecule has 0 fully saturated rings. The van der Waals surface area contributed by atoms with Crippen molar-refractivity contribution < 1.29 is 39.2 Å². The van der Waals surface area contributed by atoms with E-state index in [2.05, 4.69) is 5.32 Å². The Labute approximate surface area is 189 Å². The molecule has 0 heterocycles. The maximum atomic E-state index is 12.4. The van der Waals surface area contributed by atoms with Gasteiger partial charge in [0.05, 0.1) is 12.5 Å². The molecule has 2 aromatic carbocycles. The largest absolute Gasteiger partial charge is 0.481 e. The molecular weight excluding hydrogens is 432 g/mol. The minimum atomic E-state index is -1.67. The Morgan fingerprint density at radius 2 is 1.48 bits per heavy atom. The first-order valence-electron chi connectivity index (χ1n) is 10.2. The SMILES string of the molecule is C[C@@H](O)[C@H](NC(=O)[C@H](CC(=O)O)NC(=O)OCC1c2ccccc2-c2ccccc21)C(=O)O. The average molecular weight is 456 g/mol. The summed E-state index contributed by atoms with van der Waals surface area (Å²) in [5.74, 6) is -4.20. The number of aliphatic carboxylic acids is 2. The number of amides is 2. The molecular formula is C23H24N2O8. The smallest absolute Gasteiger partial charge is 0.407 e. The van der Waals surface area contributed by atoms with E-state index < -0.39 is 48.5 Å². The fourth-order valence-electron chi connectivity index (χ4n) is 3.81. The number of carbonyl (C=O) groups excluding carboxylic acids is 2. The summed E-state index contributed by atoms with van der Waals surface area (Å²) < 4.78 is 5.31. The molecule has 0 saturated carbocycles. The number of aliphatic hydroxyl groups is 1. The van der Waals surface area contributed by atoms with Gasteiger partial charge in [-0.15, -0.1) is 0 Å². The minimum absolute atomic E-state index is 0.0489. The van der Waals surface area contributed by atoms with E-state index in [1.165, 1.54) is 0 Å². The number of hydrogen-bond donors (Lipinski definition) is 5. The second kappa shape index (κ2) is 10.1. The second-order valence-corrected chi connectivity index (χ2v) is 7.69. The van der Waals surface area contributed by atoms with E-state index >= 15 is 0 Å². The van der Waals surface area contributed by atoms with Crippen LogP contribution in [0.3, 0.4) is 0 Å². The van der Waals surface area contributed by atoms with Crippen LogP contribution in [0, 0.1) is 0 Å². The molecule has 10 nitrogen and oxygen atoms in total. The van der Waals surface area contributed by atoms with Crippen molar-refractivity contribution in [3.8, 4) is 11.1 Å². The van der Waals surface area contributed by atoms with Crippen LogP contribution in [0.15, 0.2) is 48.5 Å². The average Bonchev–Trinajstić information content (AvgIpc) is 3.08. The van der Waals surface area contributed by atoms with Crippen LogP contribution >= 0.6 is 0 Å². The highest BCUT2D eigenvalue weighted by atomic mass is 16.5. The molecule has 2 aromatic rings. The molecule has 0 bridgehead atoms. The molecule has 10 heteroatoms. The Kier molecular flexibility index (Phi) is 7.29. The quantitative estimate of drug-likeness (QED) is 0.377. The summed E-state index contributed by atoms with van der Waals surface area (Å²) in [6, 6.07) is 12.1. The number of benzene rings is 2. The van der Waals surface area contributed by atoms with Gasteiger partial charge in [0.2, 0.25) is 5.91 Å². The molecule has 1 aliphatic carbocycles. The zero-order chi connectivity index (χ0) is 24.1. The van der Waals surface area contributed by atoms with Gasteiger partial charge < -0.3 is 30.7 Å². The van der Waals surface area contributed by atoms with Gasteiger partial charge in [-0.1, -0.05) is 48.5 Å². The number of alkyl carbamates (subject to hydrolysis) is 1. The molecule has 0 aromatic heterocycles. The van der Waals surface area contributed by atoms with E-state index in [9.17, 15) is 24.3 Å². The maximum Gasteiger partial charge on any atom is 0.407 e. The highest BCUT2D eigenvalue weighted by molar-refractivity contribution is 5.92. The zero-order valence-electron chi connectivity index (χ0n) is 17.7. The summed E-state index contributed by atoms with van der Waals surface area (Å²) in [4.78, 5) is 47.1. The van der Waals surface area contributed by atoms with Gasteiger partial charge in [-0.25, -0.2) is 9.59 Å². The van der Waals surface area contributed by atoms with E-state index in [-0.39, 0.29) is 12.5 Å². The molecule has 2 amide bonds. The molecule has 174 valence electrons. The predicted octanol–water partition coefficient (Wildman–Crippen LogP) is 1.32. The van der Waals surface area contributed by atoms with Crippen molar-refractivity contribution in [3.63, 3.8) is 0 Å². The van der Waals surface area contributed by atoms with E-state index in [0.29, 0.717) is 0 Å². The van der Waals surface area contributed by atoms with Gasteiger partial charge in [-0.3, -0.25) is 9.59 Å². The Morgan fingerprint density at radius 1 is 0.939 bits per heavy atom. The van der Waals surface area contributed by atoms with Gasteiger partial charge in [0.25, 0.3) is 0 Å². The fourth-order valence-corrected chi connectivity index (χ4v) is 3.81. The molecule has 0 spiro atoms. The summed E-state index contributed by atoms with van der Waals surface area (Å²) in [5, 5.41) is 31.9. The van der Waals surface area contributed by atoms with Crippen molar-refractivity contribution in [2.45, 2.75) is 37.5 Å². The van der Waals surface area contributed by atoms with Crippen LogP contribution in [-0.4, -0.2) is 64.1 Å². The molecule has 0 saturated heterocycles. The third-order valence-corrected chi connectivity index (χ3v) is 5.38. The van der Waals surface area contributed by atoms with Crippen molar-refractivity contribution in [1.29, 1.82) is 0 Å². The topological polar surface area (TPSA) is 162 Å². The third kappa shape index (κ3) is 5.47. The molecule has 33 heavy (non-hydrogen) atoms. The van der Waals surface area contributed by atoms with E-state index in [4.69, 9.17) is 14.9 Å². The number of fused-ring (bicyclic) bond motifs is 3. The third-order valence-electron chi connectivity index (χ3n) is 5.38. The first-order valence-corrected chi connectivity index (χ1v) is 10.2. The zero-order valence-corrected chi connectivity index (χ0v) is 17.7. The van der Waals surface area contributed by atoms with Crippen molar-refractivity contribution in [2.24, 2.45) is 0 Å². The van der Waals surface area contributed by atoms with Crippen LogP contribution in [0.2, 0.25) is 0 Å². The van der Waals surface area contributed by atoms with Crippen LogP contribution in [0.4, 0.5) is 4.79 Å². The lowest BCUT2D eigenvalue weighted by Crippen LogP contribution is -2.55. The van der Waals surface area contributed by atoms with E-state index in [1.807, 2.05) is 53.8 Å². The Balaban J connectivity index is 1.68. The first-order chi connectivity index (χ1) is 15.7. The summed E-state index contributed by atoms with van der Waals surface area (Å²) in [6.07, 6.45) is -3.27. The normalized spacial score (nSPS) is 14.8. The Hall–Kier alpha value is -3.92. The van der Waals surface area contributed by atoms with Crippen molar-refractivity contribution in [1.82, 2.24) is 10.6 Å². The number of nitrogens with one attached hydrogen (secondary N) is 2. The van der Waals surface area contributed by atoms with Gasteiger partial charge in [0.15, 0.2) is 6.04 Å². The first kappa shape index (κ1) is 23.7. The molecule has 0 radical (unpaired) electrons. The lowest BCUT2D eigenvalue weighted by atomic mass is 9.98. The van der Waals surface area contributed by atoms with Gasteiger partial charge in [-0.05, 0) is 29.2 Å². The number of hydrogen-bond acceptors (Lipinski definition) is 6. The second-order valence-electron chi connectivity index (χ2n) is 7.69. The van der Waals surface area contributed by atoms with Crippen molar-refractivity contribution in [3.05, 3.63) is 59.7 Å². The Bertz CT molecular complexity index is 1020. The molecule has 0 aliphatic heterocycles. The summed E-state index contributed by atoms with van der Waals surface area (Å²) >= 11 is 0. The molecule has 5 N–H and O–H groups in total. The highest BCUT2D eigenvalue weighted by Gasteiger charge is 2.32. The van der Waals surface area contributed by atoms with Crippen LogP contribution in [0.25, 0.3) is 11.1 Å². The van der Waals surface area contributed by atoms with Crippen molar-refractivity contribution in [2.75, 3.05) is 6.61 Å². The summed E-state index contributed by atoms with van der Waals surface area (Å²) in [7, 11) is 0. The van der Waals surface area contributed by atoms with E-state index in [0.717, 1.165) is 29.2 Å². The maximum absolute atomic E-state index is 12.4. The number of rotatable bonds is 9. The van der Waals surface area contributed by atoms with Crippen molar-refractivity contribution >= 4 is 23.9 Å². The van der Waals surface area contributed by atoms with Gasteiger partial charge in [0.1, 0.15) is 12.6 Å². The summed E-state index contributed by atoms with van der Waals surface area (Å²) in [5.41, 5.74) is 4.02.